The Morgan fingerprint density at radius 1 is 0.972 bits per heavy atom. The van der Waals surface area contributed by atoms with Gasteiger partial charge in [-0.1, -0.05) is 13.0 Å². The van der Waals surface area contributed by atoms with E-state index in [0.29, 0.717) is 23.7 Å². The Kier molecular flexibility index (Phi) is 8.70. The first-order valence-electron chi connectivity index (χ1n) is 12.2. The van der Waals surface area contributed by atoms with Crippen LogP contribution in [-0.4, -0.2) is 67.7 Å². The second kappa shape index (κ2) is 12.3. The van der Waals surface area contributed by atoms with Gasteiger partial charge in [0.1, 0.15) is 5.75 Å². The molecule has 0 bridgehead atoms. The molecule has 1 aliphatic rings. The van der Waals surface area contributed by atoms with Gasteiger partial charge < -0.3 is 19.9 Å². The van der Waals surface area contributed by atoms with E-state index >= 15 is 0 Å². The van der Waals surface area contributed by atoms with Crippen molar-refractivity contribution in [3.8, 4) is 5.75 Å². The highest BCUT2D eigenvalue weighted by Gasteiger charge is 2.16. The summed E-state index contributed by atoms with van der Waals surface area (Å²) in [6, 6.07) is 13.8. The maximum atomic E-state index is 12.1. The minimum absolute atomic E-state index is 0.316. The van der Waals surface area contributed by atoms with Crippen molar-refractivity contribution >= 4 is 23.2 Å². The van der Waals surface area contributed by atoms with Gasteiger partial charge in [-0.05, 0) is 66.9 Å². The number of benzene rings is 2. The fourth-order valence-electron chi connectivity index (χ4n) is 4.27. The average Bonchev–Trinajstić information content (AvgIpc) is 2.93. The lowest BCUT2D eigenvalue weighted by Gasteiger charge is -2.35. The third kappa shape index (κ3) is 6.71. The molecule has 1 amide bonds. The number of aromatic nitrogens is 2. The molecule has 1 aromatic heterocycles. The number of carbonyl (C=O) groups is 1. The standard InChI is InChI=1S/C27H34N6O3/c1-4-32-10-12-33(13-11-32)24-7-5-6-23(17-24)30-27-28-18-21(19-29-27)9-8-20-14-22(26(34)31-36-3)16-25(15-20)35-2/h5-7,14-19H,4,8-13H2,1-3H3,(H,31,34)(H,28,29,30). The number of hydroxylamine groups is 1. The third-order valence-corrected chi connectivity index (χ3v) is 6.35. The van der Waals surface area contributed by atoms with E-state index in [1.165, 1.54) is 12.8 Å². The van der Waals surface area contributed by atoms with Gasteiger partial charge in [-0.25, -0.2) is 15.4 Å². The quantitative estimate of drug-likeness (QED) is 0.418. The molecule has 1 aliphatic heterocycles. The highest BCUT2D eigenvalue weighted by molar-refractivity contribution is 5.94. The lowest BCUT2D eigenvalue weighted by molar-refractivity contribution is 0.0537. The Balaban J connectivity index is 1.35. The molecule has 9 nitrogen and oxygen atoms in total. The highest BCUT2D eigenvalue weighted by atomic mass is 16.6. The van der Waals surface area contributed by atoms with Crippen LogP contribution in [0.2, 0.25) is 0 Å². The predicted octanol–water partition coefficient (Wildman–Crippen LogP) is 3.45. The summed E-state index contributed by atoms with van der Waals surface area (Å²) < 4.78 is 5.35. The zero-order valence-corrected chi connectivity index (χ0v) is 21.2. The van der Waals surface area contributed by atoms with E-state index < -0.39 is 0 Å². The van der Waals surface area contributed by atoms with Crippen molar-refractivity contribution in [3.63, 3.8) is 0 Å². The van der Waals surface area contributed by atoms with Gasteiger partial charge >= 0.3 is 0 Å². The van der Waals surface area contributed by atoms with Gasteiger partial charge in [-0.3, -0.25) is 9.63 Å². The van der Waals surface area contributed by atoms with Crippen LogP contribution >= 0.6 is 0 Å². The van der Waals surface area contributed by atoms with E-state index in [-0.39, 0.29) is 5.91 Å². The molecule has 0 aliphatic carbocycles. The van der Waals surface area contributed by atoms with Crippen LogP contribution in [0.15, 0.2) is 54.9 Å². The Morgan fingerprint density at radius 3 is 2.42 bits per heavy atom. The number of methoxy groups -OCH3 is 1. The summed E-state index contributed by atoms with van der Waals surface area (Å²) in [5, 5.41) is 3.32. The SMILES string of the molecule is CCN1CCN(c2cccc(Nc3ncc(CCc4cc(OC)cc(C(=O)NOC)c4)cn3)c2)CC1. The maximum Gasteiger partial charge on any atom is 0.274 e. The molecule has 2 aromatic carbocycles. The third-order valence-electron chi connectivity index (χ3n) is 6.35. The average molecular weight is 491 g/mol. The van der Waals surface area contributed by atoms with Crippen LogP contribution in [0.5, 0.6) is 5.75 Å². The molecular weight excluding hydrogens is 456 g/mol. The van der Waals surface area contributed by atoms with Gasteiger partial charge in [0, 0.05) is 55.5 Å². The first-order chi connectivity index (χ1) is 17.6. The largest absolute Gasteiger partial charge is 0.497 e. The predicted molar refractivity (Wildman–Crippen MR) is 141 cm³/mol. The smallest absolute Gasteiger partial charge is 0.274 e. The van der Waals surface area contributed by atoms with Gasteiger partial charge in [0.05, 0.1) is 14.2 Å². The van der Waals surface area contributed by atoms with Crippen LogP contribution in [0.1, 0.15) is 28.4 Å². The Morgan fingerprint density at radius 2 is 1.72 bits per heavy atom. The molecular formula is C27H34N6O3. The van der Waals surface area contributed by atoms with Crippen molar-refractivity contribution in [1.82, 2.24) is 20.3 Å². The fraction of sp³-hybridized carbons (Fsp3) is 0.370. The number of amides is 1. The fourth-order valence-corrected chi connectivity index (χ4v) is 4.27. The molecule has 4 rings (SSSR count). The second-order valence-electron chi connectivity index (χ2n) is 8.72. The Labute approximate surface area is 212 Å². The van der Waals surface area contributed by atoms with Gasteiger partial charge in [-0.2, -0.15) is 0 Å². The topological polar surface area (TPSA) is 91.8 Å². The normalized spacial score (nSPS) is 13.9. The number of rotatable bonds is 10. The minimum Gasteiger partial charge on any atom is -0.497 e. The molecule has 1 saturated heterocycles. The summed E-state index contributed by atoms with van der Waals surface area (Å²) in [5.74, 6) is 0.870. The van der Waals surface area contributed by atoms with E-state index in [1.54, 1.807) is 13.2 Å². The first-order valence-corrected chi connectivity index (χ1v) is 12.2. The van der Waals surface area contributed by atoms with Gasteiger partial charge in [0.15, 0.2) is 0 Å². The van der Waals surface area contributed by atoms with E-state index in [4.69, 9.17) is 9.57 Å². The Hall–Kier alpha value is -3.69. The highest BCUT2D eigenvalue weighted by Crippen LogP contribution is 2.23. The van der Waals surface area contributed by atoms with Crippen LogP contribution in [0.4, 0.5) is 17.3 Å². The van der Waals surface area contributed by atoms with Crippen LogP contribution in [0, 0.1) is 0 Å². The summed E-state index contributed by atoms with van der Waals surface area (Å²) >= 11 is 0. The molecule has 1 fully saturated rings. The number of nitrogens with one attached hydrogen (secondary N) is 2. The van der Waals surface area contributed by atoms with E-state index in [9.17, 15) is 4.79 Å². The number of nitrogens with zero attached hydrogens (tertiary/aromatic N) is 4. The monoisotopic (exact) mass is 490 g/mol. The molecule has 2 heterocycles. The van der Waals surface area contributed by atoms with Gasteiger partial charge in [0.25, 0.3) is 5.91 Å². The van der Waals surface area contributed by atoms with Gasteiger partial charge in [-0.15, -0.1) is 0 Å². The number of piperazine rings is 1. The molecule has 0 saturated carbocycles. The molecule has 3 aromatic rings. The van der Waals surface area contributed by atoms with Crippen molar-refractivity contribution in [2.24, 2.45) is 0 Å². The summed E-state index contributed by atoms with van der Waals surface area (Å²) in [7, 11) is 2.99. The zero-order chi connectivity index (χ0) is 25.3. The lowest BCUT2D eigenvalue weighted by Crippen LogP contribution is -2.46. The van der Waals surface area contributed by atoms with Crippen LogP contribution in [0.25, 0.3) is 0 Å². The molecule has 9 heteroatoms. The van der Waals surface area contributed by atoms with Crippen LogP contribution in [-0.2, 0) is 17.7 Å². The van der Waals surface area contributed by atoms with Crippen LogP contribution < -0.4 is 20.4 Å². The number of anilines is 3. The number of ether oxygens (including phenoxy) is 1. The second-order valence-corrected chi connectivity index (χ2v) is 8.72. The molecule has 0 spiro atoms. The van der Waals surface area contributed by atoms with Crippen molar-refractivity contribution in [1.29, 1.82) is 0 Å². The zero-order valence-electron chi connectivity index (χ0n) is 21.2. The van der Waals surface area contributed by atoms with Gasteiger partial charge in [0.2, 0.25) is 5.95 Å². The lowest BCUT2D eigenvalue weighted by atomic mass is 10.0. The molecule has 0 atom stereocenters. The van der Waals surface area contributed by atoms with E-state index in [1.807, 2.05) is 30.6 Å². The number of hydrogen-bond donors (Lipinski definition) is 2. The first kappa shape index (κ1) is 25.4. The molecule has 2 N–H and O–H groups in total. The minimum atomic E-state index is -0.316. The van der Waals surface area contributed by atoms with Crippen molar-refractivity contribution in [2.45, 2.75) is 19.8 Å². The summed E-state index contributed by atoms with van der Waals surface area (Å²) in [4.78, 5) is 30.8. The number of likely N-dealkylation sites (N-methyl/N-ethyl adjacent to an activating group) is 1. The number of carbonyl (C=O) groups excluding carboxylic acids is 1. The van der Waals surface area contributed by atoms with Crippen molar-refractivity contribution in [2.75, 3.05) is 57.2 Å². The summed E-state index contributed by atoms with van der Waals surface area (Å²) in [5.41, 5.74) is 6.99. The summed E-state index contributed by atoms with van der Waals surface area (Å²) in [6.07, 6.45) is 5.12. The summed E-state index contributed by atoms with van der Waals surface area (Å²) in [6.45, 7) is 7.58. The molecule has 36 heavy (non-hydrogen) atoms. The van der Waals surface area contributed by atoms with Crippen molar-refractivity contribution in [3.05, 3.63) is 71.5 Å². The van der Waals surface area contributed by atoms with E-state index in [2.05, 4.69) is 55.7 Å². The Bertz CT molecular complexity index is 1150. The van der Waals surface area contributed by atoms with E-state index in [0.717, 1.165) is 56.0 Å². The van der Waals surface area contributed by atoms with Crippen LogP contribution in [0.3, 0.4) is 0 Å². The number of hydrogen-bond acceptors (Lipinski definition) is 8. The molecule has 190 valence electrons. The molecule has 0 unspecified atom stereocenters. The molecule has 0 radical (unpaired) electrons. The van der Waals surface area contributed by atoms with Crippen molar-refractivity contribution < 1.29 is 14.4 Å². The maximum absolute atomic E-state index is 12.1. The number of aryl methyl sites for hydroxylation is 2.